The predicted molar refractivity (Wildman–Crippen MR) is 58.8 cm³/mol. The van der Waals surface area contributed by atoms with Crippen LogP contribution in [0.4, 0.5) is 0 Å². The van der Waals surface area contributed by atoms with Crippen LogP contribution in [0.5, 0.6) is 0 Å². The Hall–Kier alpha value is -0.670. The molecular formula is C10H11ClO2S. The fourth-order valence-electron chi connectivity index (χ4n) is 0.885. The molecule has 76 valence electrons. The molecule has 0 saturated carbocycles. The average molecular weight is 231 g/mol. The van der Waals surface area contributed by atoms with Gasteiger partial charge in [0.15, 0.2) is 0 Å². The highest BCUT2D eigenvalue weighted by molar-refractivity contribution is 7.99. The molecule has 0 amide bonds. The van der Waals surface area contributed by atoms with Crippen molar-refractivity contribution in [2.24, 2.45) is 0 Å². The second-order valence-corrected chi connectivity index (χ2v) is 4.23. The van der Waals surface area contributed by atoms with Crippen molar-refractivity contribution in [3.05, 3.63) is 29.3 Å². The van der Waals surface area contributed by atoms with E-state index in [-0.39, 0.29) is 5.97 Å². The molecule has 1 aromatic rings. The SMILES string of the molecule is COC(=O)CCSc1ccc(Cl)cc1. The third-order valence-electron chi connectivity index (χ3n) is 1.62. The molecule has 0 radical (unpaired) electrons. The summed E-state index contributed by atoms with van der Waals surface area (Å²) in [5.41, 5.74) is 0. The van der Waals surface area contributed by atoms with Crippen molar-refractivity contribution in [1.29, 1.82) is 0 Å². The summed E-state index contributed by atoms with van der Waals surface area (Å²) < 4.78 is 4.53. The molecule has 1 rings (SSSR count). The van der Waals surface area contributed by atoms with Gasteiger partial charge in [0.05, 0.1) is 13.5 Å². The number of esters is 1. The van der Waals surface area contributed by atoms with Gasteiger partial charge in [-0.05, 0) is 24.3 Å². The Morgan fingerprint density at radius 2 is 2.07 bits per heavy atom. The van der Waals surface area contributed by atoms with Crippen LogP contribution in [0.3, 0.4) is 0 Å². The summed E-state index contributed by atoms with van der Waals surface area (Å²) in [5, 5.41) is 0.724. The molecular weight excluding hydrogens is 220 g/mol. The number of methoxy groups -OCH3 is 1. The summed E-state index contributed by atoms with van der Waals surface area (Å²) in [6.45, 7) is 0. The lowest BCUT2D eigenvalue weighted by molar-refractivity contribution is -0.140. The minimum absolute atomic E-state index is 0.175. The lowest BCUT2D eigenvalue weighted by Crippen LogP contribution is -2.00. The molecule has 2 nitrogen and oxygen atoms in total. The largest absolute Gasteiger partial charge is 0.469 e. The Morgan fingerprint density at radius 3 is 2.64 bits per heavy atom. The minimum Gasteiger partial charge on any atom is -0.469 e. The summed E-state index contributed by atoms with van der Waals surface area (Å²) in [5.74, 6) is 0.556. The van der Waals surface area contributed by atoms with Gasteiger partial charge in [-0.3, -0.25) is 4.79 Å². The molecule has 0 aliphatic rings. The Labute approximate surface area is 92.6 Å². The first-order valence-electron chi connectivity index (χ1n) is 4.17. The number of halogens is 1. The number of carbonyl (C=O) groups excluding carboxylic acids is 1. The zero-order chi connectivity index (χ0) is 10.4. The van der Waals surface area contributed by atoms with Crippen LogP contribution in [-0.2, 0) is 9.53 Å². The third-order valence-corrected chi connectivity index (χ3v) is 2.88. The second-order valence-electron chi connectivity index (χ2n) is 2.63. The molecule has 0 aliphatic heterocycles. The molecule has 0 unspecified atom stereocenters. The highest BCUT2D eigenvalue weighted by atomic mass is 35.5. The molecule has 0 spiro atoms. The summed E-state index contributed by atoms with van der Waals surface area (Å²) in [4.78, 5) is 11.9. The van der Waals surface area contributed by atoms with Crippen LogP contribution in [0.1, 0.15) is 6.42 Å². The first kappa shape index (κ1) is 11.4. The maximum Gasteiger partial charge on any atom is 0.306 e. The van der Waals surface area contributed by atoms with E-state index in [0.717, 1.165) is 15.7 Å². The number of benzene rings is 1. The predicted octanol–water partition coefficient (Wildman–Crippen LogP) is 3.00. The summed E-state index contributed by atoms with van der Waals surface area (Å²) in [6, 6.07) is 7.54. The van der Waals surface area contributed by atoms with E-state index < -0.39 is 0 Å². The van der Waals surface area contributed by atoms with Gasteiger partial charge in [-0.15, -0.1) is 11.8 Å². The van der Waals surface area contributed by atoms with E-state index in [2.05, 4.69) is 4.74 Å². The minimum atomic E-state index is -0.175. The van der Waals surface area contributed by atoms with Crippen LogP contribution in [-0.4, -0.2) is 18.8 Å². The van der Waals surface area contributed by atoms with E-state index in [1.165, 1.54) is 7.11 Å². The van der Waals surface area contributed by atoms with Crippen LogP contribution in [0.2, 0.25) is 5.02 Å². The van der Waals surface area contributed by atoms with Gasteiger partial charge in [0.2, 0.25) is 0 Å². The topological polar surface area (TPSA) is 26.3 Å². The molecule has 0 aliphatic carbocycles. The quantitative estimate of drug-likeness (QED) is 0.588. The van der Waals surface area contributed by atoms with Crippen LogP contribution in [0, 0.1) is 0 Å². The van der Waals surface area contributed by atoms with Gasteiger partial charge in [0.25, 0.3) is 0 Å². The summed E-state index contributed by atoms with van der Waals surface area (Å²) >= 11 is 7.35. The number of hydrogen-bond donors (Lipinski definition) is 0. The van der Waals surface area contributed by atoms with Crippen LogP contribution >= 0.6 is 23.4 Å². The Morgan fingerprint density at radius 1 is 1.43 bits per heavy atom. The van der Waals surface area contributed by atoms with Gasteiger partial charge < -0.3 is 4.74 Å². The van der Waals surface area contributed by atoms with Gasteiger partial charge in [0.1, 0.15) is 0 Å². The van der Waals surface area contributed by atoms with Crippen LogP contribution in [0.25, 0.3) is 0 Å². The fourth-order valence-corrected chi connectivity index (χ4v) is 1.84. The lowest BCUT2D eigenvalue weighted by Gasteiger charge is -2.00. The second kappa shape index (κ2) is 5.94. The number of ether oxygens (including phenoxy) is 1. The van der Waals surface area contributed by atoms with Crippen molar-refractivity contribution >= 4 is 29.3 Å². The smallest absolute Gasteiger partial charge is 0.306 e. The molecule has 0 saturated heterocycles. The van der Waals surface area contributed by atoms with Crippen molar-refractivity contribution in [2.75, 3.05) is 12.9 Å². The summed E-state index contributed by atoms with van der Waals surface area (Å²) in [6.07, 6.45) is 0.434. The highest BCUT2D eigenvalue weighted by Crippen LogP contribution is 2.20. The standard InChI is InChI=1S/C10H11ClO2S/c1-13-10(12)6-7-14-9-4-2-8(11)3-5-9/h2-5H,6-7H2,1H3. The van der Waals surface area contributed by atoms with Crippen LogP contribution in [0.15, 0.2) is 29.2 Å². The van der Waals surface area contributed by atoms with E-state index in [1.54, 1.807) is 11.8 Å². The van der Waals surface area contributed by atoms with Crippen molar-refractivity contribution < 1.29 is 9.53 Å². The average Bonchev–Trinajstić information content (AvgIpc) is 2.21. The molecule has 0 atom stereocenters. The third kappa shape index (κ3) is 4.03. The fraction of sp³-hybridized carbons (Fsp3) is 0.300. The molecule has 14 heavy (non-hydrogen) atoms. The number of carbonyl (C=O) groups is 1. The number of rotatable bonds is 4. The first-order valence-corrected chi connectivity index (χ1v) is 5.54. The van der Waals surface area contributed by atoms with Gasteiger partial charge in [-0.2, -0.15) is 0 Å². The van der Waals surface area contributed by atoms with Gasteiger partial charge in [-0.25, -0.2) is 0 Å². The molecule has 0 bridgehead atoms. The molecule has 0 heterocycles. The van der Waals surface area contributed by atoms with Gasteiger partial charge >= 0.3 is 5.97 Å². The van der Waals surface area contributed by atoms with E-state index in [1.807, 2.05) is 24.3 Å². The van der Waals surface area contributed by atoms with Crippen LogP contribution < -0.4 is 0 Å². The van der Waals surface area contributed by atoms with Crippen molar-refractivity contribution in [3.8, 4) is 0 Å². The Kier molecular flexibility index (Phi) is 4.84. The number of thioether (sulfide) groups is 1. The Balaban J connectivity index is 2.31. The van der Waals surface area contributed by atoms with Gasteiger partial charge in [-0.1, -0.05) is 11.6 Å². The normalized spacial score (nSPS) is 9.86. The molecule has 0 fully saturated rings. The van der Waals surface area contributed by atoms with Gasteiger partial charge in [0, 0.05) is 15.7 Å². The Bertz CT molecular complexity index is 297. The van der Waals surface area contributed by atoms with E-state index in [9.17, 15) is 4.79 Å². The van der Waals surface area contributed by atoms with Crippen molar-refractivity contribution in [3.63, 3.8) is 0 Å². The molecule has 1 aromatic carbocycles. The zero-order valence-electron chi connectivity index (χ0n) is 7.83. The molecule has 4 heteroatoms. The highest BCUT2D eigenvalue weighted by Gasteiger charge is 2.00. The van der Waals surface area contributed by atoms with Crippen molar-refractivity contribution in [1.82, 2.24) is 0 Å². The maximum absolute atomic E-state index is 10.8. The van der Waals surface area contributed by atoms with Crippen molar-refractivity contribution in [2.45, 2.75) is 11.3 Å². The molecule has 0 aromatic heterocycles. The molecule has 0 N–H and O–H groups in total. The van der Waals surface area contributed by atoms with E-state index in [4.69, 9.17) is 11.6 Å². The first-order chi connectivity index (χ1) is 6.72. The zero-order valence-corrected chi connectivity index (χ0v) is 9.40. The maximum atomic E-state index is 10.8. The monoisotopic (exact) mass is 230 g/mol. The van der Waals surface area contributed by atoms with E-state index in [0.29, 0.717) is 6.42 Å². The van der Waals surface area contributed by atoms with E-state index >= 15 is 0 Å². The summed E-state index contributed by atoms with van der Waals surface area (Å²) in [7, 11) is 1.40. The lowest BCUT2D eigenvalue weighted by atomic mass is 10.4. The number of hydrogen-bond acceptors (Lipinski definition) is 3.